The van der Waals surface area contributed by atoms with Gasteiger partial charge in [0.25, 0.3) is 5.56 Å². The molecular formula is C20H12F2N4O. The van der Waals surface area contributed by atoms with Crippen LogP contribution in [0.4, 0.5) is 8.78 Å². The quantitative estimate of drug-likeness (QED) is 0.548. The third-order valence-electron chi connectivity index (χ3n) is 4.40. The van der Waals surface area contributed by atoms with Crippen LogP contribution < -0.4 is 5.56 Å². The molecule has 0 unspecified atom stereocenters. The maximum atomic E-state index is 14.5. The maximum absolute atomic E-state index is 14.5. The van der Waals surface area contributed by atoms with E-state index in [1.165, 1.54) is 29.0 Å². The minimum absolute atomic E-state index is 0.0399. The monoisotopic (exact) mass is 362 g/mol. The van der Waals surface area contributed by atoms with Crippen molar-refractivity contribution >= 4 is 5.65 Å². The van der Waals surface area contributed by atoms with Crippen molar-refractivity contribution in [3.05, 3.63) is 82.5 Å². The normalized spacial score (nSPS) is 10.9. The second-order valence-corrected chi connectivity index (χ2v) is 6.05. The number of halogens is 2. The molecular weight excluding hydrogens is 350 g/mol. The van der Waals surface area contributed by atoms with Gasteiger partial charge in [-0.05, 0) is 30.3 Å². The summed E-state index contributed by atoms with van der Waals surface area (Å²) < 4.78 is 30.9. The molecule has 0 fully saturated rings. The van der Waals surface area contributed by atoms with Crippen molar-refractivity contribution in [3.8, 4) is 28.5 Å². The van der Waals surface area contributed by atoms with E-state index in [-0.39, 0.29) is 22.3 Å². The molecule has 27 heavy (non-hydrogen) atoms. The summed E-state index contributed by atoms with van der Waals surface area (Å²) in [6, 6.07) is 9.91. The molecule has 0 saturated heterocycles. The number of aromatic nitrogens is 3. The topological polar surface area (TPSA) is 63.1 Å². The van der Waals surface area contributed by atoms with E-state index in [4.69, 9.17) is 0 Å². The van der Waals surface area contributed by atoms with Crippen LogP contribution in [0.5, 0.6) is 0 Å². The Bertz CT molecular complexity index is 1300. The Hall–Kier alpha value is -3.79. The van der Waals surface area contributed by atoms with Gasteiger partial charge in [0.2, 0.25) is 5.65 Å². The van der Waals surface area contributed by atoms with Crippen LogP contribution >= 0.6 is 0 Å². The molecule has 0 aliphatic rings. The minimum atomic E-state index is -0.565. The van der Waals surface area contributed by atoms with Crippen LogP contribution in [0.1, 0.15) is 5.56 Å². The van der Waals surface area contributed by atoms with Gasteiger partial charge < -0.3 is 4.57 Å². The van der Waals surface area contributed by atoms with Gasteiger partial charge in [0.05, 0.1) is 23.5 Å². The van der Waals surface area contributed by atoms with Gasteiger partial charge in [0, 0.05) is 36.1 Å². The number of hydrogen-bond donors (Lipinski definition) is 0. The fraction of sp³-hybridized carbons (Fsp3) is 0.0500. The third kappa shape index (κ3) is 2.68. The molecule has 132 valence electrons. The second kappa shape index (κ2) is 6.18. The predicted molar refractivity (Wildman–Crippen MR) is 95.9 cm³/mol. The molecule has 0 aliphatic heterocycles. The summed E-state index contributed by atoms with van der Waals surface area (Å²) in [5.41, 5.74) is 1.71. The summed E-state index contributed by atoms with van der Waals surface area (Å²) in [5.74, 6) is -1.10. The smallest absolute Gasteiger partial charge is 0.293 e. The predicted octanol–water partition coefficient (Wildman–Crippen LogP) is 3.52. The Morgan fingerprint density at radius 3 is 2.67 bits per heavy atom. The van der Waals surface area contributed by atoms with Crippen molar-refractivity contribution in [2.24, 2.45) is 7.05 Å². The fourth-order valence-electron chi connectivity index (χ4n) is 3.01. The van der Waals surface area contributed by atoms with Gasteiger partial charge in [0.1, 0.15) is 11.6 Å². The highest BCUT2D eigenvalue weighted by Gasteiger charge is 2.15. The molecule has 0 radical (unpaired) electrons. The molecule has 0 bridgehead atoms. The molecule has 2 aromatic heterocycles. The Balaban J connectivity index is 1.94. The first-order chi connectivity index (χ1) is 13.0. The highest BCUT2D eigenvalue weighted by Crippen LogP contribution is 2.31. The number of hydrogen-bond acceptors (Lipinski definition) is 3. The zero-order valence-corrected chi connectivity index (χ0v) is 14.1. The molecule has 0 amide bonds. The van der Waals surface area contributed by atoms with Crippen molar-refractivity contribution in [2.75, 3.05) is 0 Å². The second-order valence-electron chi connectivity index (χ2n) is 6.05. The number of imidazole rings is 1. The van der Waals surface area contributed by atoms with Crippen LogP contribution in [0, 0.1) is 23.0 Å². The molecule has 0 aliphatic carbocycles. The van der Waals surface area contributed by atoms with Crippen LogP contribution in [-0.2, 0) is 7.05 Å². The minimum Gasteiger partial charge on any atom is -0.314 e. The summed E-state index contributed by atoms with van der Waals surface area (Å²) in [6.07, 6.45) is 4.84. The lowest BCUT2D eigenvalue weighted by molar-refractivity contribution is 0.625. The lowest BCUT2D eigenvalue weighted by Crippen LogP contribution is -2.18. The fourth-order valence-corrected chi connectivity index (χ4v) is 3.01. The third-order valence-corrected chi connectivity index (χ3v) is 4.40. The number of fused-ring (bicyclic) bond motifs is 1. The molecule has 0 N–H and O–H groups in total. The first kappa shape index (κ1) is 16.7. The van der Waals surface area contributed by atoms with Crippen molar-refractivity contribution in [3.63, 3.8) is 0 Å². The van der Waals surface area contributed by atoms with Gasteiger partial charge in [-0.1, -0.05) is 6.07 Å². The maximum Gasteiger partial charge on any atom is 0.293 e. The van der Waals surface area contributed by atoms with E-state index >= 15 is 0 Å². The highest BCUT2D eigenvalue weighted by molar-refractivity contribution is 5.76. The summed E-state index contributed by atoms with van der Waals surface area (Å²) >= 11 is 0. The van der Waals surface area contributed by atoms with E-state index in [1.807, 2.05) is 6.07 Å². The molecule has 7 heteroatoms. The summed E-state index contributed by atoms with van der Waals surface area (Å²) in [7, 11) is 1.63. The molecule has 2 heterocycles. The standard InChI is InChI=1S/C20H12F2N4O/c1-25-6-7-26-18(11-24-19(26)20(25)27)12-2-5-17(22)16(9-12)15-4-3-14(21)8-13(15)10-23/h2-9,11H,1H3. The summed E-state index contributed by atoms with van der Waals surface area (Å²) in [4.78, 5) is 16.3. The lowest BCUT2D eigenvalue weighted by Gasteiger charge is -2.09. The van der Waals surface area contributed by atoms with E-state index in [0.717, 1.165) is 6.07 Å². The van der Waals surface area contributed by atoms with Crippen molar-refractivity contribution < 1.29 is 8.78 Å². The van der Waals surface area contributed by atoms with Crippen molar-refractivity contribution in [1.82, 2.24) is 14.0 Å². The van der Waals surface area contributed by atoms with Gasteiger partial charge in [0.15, 0.2) is 0 Å². The molecule has 4 aromatic rings. The van der Waals surface area contributed by atoms with Crippen LogP contribution in [0.2, 0.25) is 0 Å². The zero-order chi connectivity index (χ0) is 19.1. The van der Waals surface area contributed by atoms with Crippen LogP contribution in [0.15, 0.2) is 59.8 Å². The van der Waals surface area contributed by atoms with Crippen molar-refractivity contribution in [1.29, 1.82) is 5.26 Å². The zero-order valence-electron chi connectivity index (χ0n) is 14.1. The Morgan fingerprint density at radius 1 is 1.07 bits per heavy atom. The van der Waals surface area contributed by atoms with Crippen LogP contribution in [0.25, 0.3) is 28.0 Å². The first-order valence-electron chi connectivity index (χ1n) is 8.02. The van der Waals surface area contributed by atoms with Gasteiger partial charge in [-0.15, -0.1) is 0 Å². The average Bonchev–Trinajstić information content (AvgIpc) is 3.10. The van der Waals surface area contributed by atoms with E-state index in [9.17, 15) is 18.8 Å². The molecule has 4 rings (SSSR count). The van der Waals surface area contributed by atoms with Gasteiger partial charge in [-0.25, -0.2) is 13.8 Å². The largest absolute Gasteiger partial charge is 0.314 e. The lowest BCUT2D eigenvalue weighted by atomic mass is 9.97. The molecule has 2 aromatic carbocycles. The number of rotatable bonds is 2. The first-order valence-corrected chi connectivity index (χ1v) is 8.02. The number of benzene rings is 2. The Morgan fingerprint density at radius 2 is 1.89 bits per heavy atom. The number of nitrogens with zero attached hydrogens (tertiary/aromatic N) is 4. The summed E-state index contributed by atoms with van der Waals surface area (Å²) in [5, 5.41) is 9.26. The Kier molecular flexibility index (Phi) is 3.81. The number of aryl methyl sites for hydroxylation is 1. The van der Waals surface area contributed by atoms with E-state index < -0.39 is 11.6 Å². The van der Waals surface area contributed by atoms with E-state index in [2.05, 4.69) is 4.98 Å². The van der Waals surface area contributed by atoms with E-state index in [1.54, 1.807) is 36.0 Å². The van der Waals surface area contributed by atoms with Gasteiger partial charge >= 0.3 is 0 Å². The van der Waals surface area contributed by atoms with Crippen molar-refractivity contribution in [2.45, 2.75) is 0 Å². The van der Waals surface area contributed by atoms with Gasteiger partial charge in [-0.3, -0.25) is 9.20 Å². The molecule has 0 atom stereocenters. The molecule has 5 nitrogen and oxygen atoms in total. The average molecular weight is 362 g/mol. The van der Waals surface area contributed by atoms with E-state index in [0.29, 0.717) is 16.8 Å². The van der Waals surface area contributed by atoms with Crippen LogP contribution in [0.3, 0.4) is 0 Å². The Labute approximate surface area is 152 Å². The SMILES string of the molecule is Cn1ccn2c(-c3ccc(F)c(-c4ccc(F)cc4C#N)c3)cnc2c1=O. The summed E-state index contributed by atoms with van der Waals surface area (Å²) in [6.45, 7) is 0. The molecule has 0 spiro atoms. The number of nitriles is 1. The molecule has 0 saturated carbocycles. The van der Waals surface area contributed by atoms with Crippen LogP contribution in [-0.4, -0.2) is 14.0 Å². The highest BCUT2D eigenvalue weighted by atomic mass is 19.1. The van der Waals surface area contributed by atoms with Gasteiger partial charge in [-0.2, -0.15) is 5.26 Å².